The molecule has 2 aromatic carbocycles. The van der Waals surface area contributed by atoms with Crippen molar-refractivity contribution in [3.05, 3.63) is 64.2 Å². The summed E-state index contributed by atoms with van der Waals surface area (Å²) in [5.74, 6) is 0.549. The quantitative estimate of drug-likeness (QED) is 0.868. The summed E-state index contributed by atoms with van der Waals surface area (Å²) >= 11 is 6.19. The van der Waals surface area contributed by atoms with Gasteiger partial charge in [-0.25, -0.2) is 4.79 Å². The van der Waals surface area contributed by atoms with E-state index in [9.17, 15) is 9.90 Å². The van der Waals surface area contributed by atoms with Crippen molar-refractivity contribution in [3.8, 4) is 5.75 Å². The molecule has 0 saturated heterocycles. The zero-order valence-electron chi connectivity index (χ0n) is 11.5. The molecule has 1 fully saturated rings. The molecule has 4 heteroatoms. The number of hydrogen-bond acceptors (Lipinski definition) is 3. The normalized spacial score (nSPS) is 20.1. The van der Waals surface area contributed by atoms with Crippen LogP contribution in [0, 0.1) is 0 Å². The van der Waals surface area contributed by atoms with Crippen LogP contribution in [0.4, 0.5) is 0 Å². The molecule has 2 unspecified atom stereocenters. The lowest BCUT2D eigenvalue weighted by Gasteiger charge is -2.06. The van der Waals surface area contributed by atoms with Gasteiger partial charge in [0.05, 0.1) is 12.7 Å². The van der Waals surface area contributed by atoms with E-state index in [0.29, 0.717) is 22.4 Å². The number of carbonyl (C=O) groups is 1. The van der Waals surface area contributed by atoms with Crippen molar-refractivity contribution >= 4 is 17.6 Å². The SMILES string of the molecule is COC(=O)c1cccc(C2CC2c2ccc(O)cc2Cl)c1. The van der Waals surface area contributed by atoms with Crippen molar-refractivity contribution < 1.29 is 14.6 Å². The maximum absolute atomic E-state index is 11.6. The van der Waals surface area contributed by atoms with Crippen LogP contribution in [-0.2, 0) is 4.74 Å². The average Bonchev–Trinajstić information content (AvgIpc) is 3.27. The highest BCUT2D eigenvalue weighted by molar-refractivity contribution is 6.31. The Labute approximate surface area is 128 Å². The summed E-state index contributed by atoms with van der Waals surface area (Å²) in [5, 5.41) is 10.0. The number of phenols is 1. The van der Waals surface area contributed by atoms with Gasteiger partial charge in [0.1, 0.15) is 5.75 Å². The summed E-state index contributed by atoms with van der Waals surface area (Å²) in [7, 11) is 1.38. The fraction of sp³-hybridized carbons (Fsp3) is 0.235. The van der Waals surface area contributed by atoms with Crippen LogP contribution >= 0.6 is 11.6 Å². The minimum atomic E-state index is -0.322. The van der Waals surface area contributed by atoms with Crippen molar-refractivity contribution in [1.29, 1.82) is 0 Å². The maximum atomic E-state index is 11.6. The number of hydrogen-bond donors (Lipinski definition) is 1. The van der Waals surface area contributed by atoms with E-state index in [0.717, 1.165) is 17.5 Å². The van der Waals surface area contributed by atoms with E-state index in [2.05, 4.69) is 0 Å². The van der Waals surface area contributed by atoms with Crippen molar-refractivity contribution in [3.63, 3.8) is 0 Å². The molecule has 1 aliphatic rings. The summed E-state index contributed by atoms with van der Waals surface area (Å²) in [4.78, 5) is 11.6. The van der Waals surface area contributed by atoms with Crippen LogP contribution in [0.5, 0.6) is 5.75 Å². The van der Waals surface area contributed by atoms with Crippen LogP contribution in [0.15, 0.2) is 42.5 Å². The lowest BCUT2D eigenvalue weighted by atomic mass is 10.0. The van der Waals surface area contributed by atoms with Crippen LogP contribution in [0.1, 0.15) is 39.7 Å². The Bertz CT molecular complexity index is 696. The number of benzene rings is 2. The molecule has 2 aromatic rings. The van der Waals surface area contributed by atoms with Gasteiger partial charge in [-0.3, -0.25) is 0 Å². The number of esters is 1. The number of methoxy groups -OCH3 is 1. The largest absolute Gasteiger partial charge is 0.508 e. The minimum absolute atomic E-state index is 0.175. The fourth-order valence-electron chi connectivity index (χ4n) is 2.74. The van der Waals surface area contributed by atoms with E-state index in [1.807, 2.05) is 24.3 Å². The van der Waals surface area contributed by atoms with Gasteiger partial charge in [-0.15, -0.1) is 0 Å². The Balaban J connectivity index is 1.83. The van der Waals surface area contributed by atoms with Crippen LogP contribution in [0.25, 0.3) is 0 Å². The monoisotopic (exact) mass is 302 g/mol. The average molecular weight is 303 g/mol. The highest BCUT2D eigenvalue weighted by Gasteiger charge is 2.40. The number of ether oxygens (including phenoxy) is 1. The molecular formula is C17H15ClO3. The summed E-state index contributed by atoms with van der Waals surface area (Å²) < 4.78 is 4.75. The number of halogens is 1. The Kier molecular flexibility index (Phi) is 3.60. The molecular weight excluding hydrogens is 288 g/mol. The second-order valence-electron chi connectivity index (χ2n) is 5.27. The third kappa shape index (κ3) is 2.74. The van der Waals surface area contributed by atoms with Crippen molar-refractivity contribution in [2.75, 3.05) is 7.11 Å². The molecule has 1 saturated carbocycles. The first-order valence-corrected chi connectivity index (χ1v) is 7.14. The molecule has 0 aliphatic heterocycles. The minimum Gasteiger partial charge on any atom is -0.508 e. The lowest BCUT2D eigenvalue weighted by molar-refractivity contribution is 0.0600. The molecule has 3 nitrogen and oxygen atoms in total. The first kappa shape index (κ1) is 14.0. The van der Waals surface area contributed by atoms with Gasteiger partial charge in [0.2, 0.25) is 0 Å². The molecule has 0 radical (unpaired) electrons. The van der Waals surface area contributed by atoms with Crippen molar-refractivity contribution in [2.45, 2.75) is 18.3 Å². The van der Waals surface area contributed by atoms with Crippen LogP contribution in [-0.4, -0.2) is 18.2 Å². The van der Waals surface area contributed by atoms with Gasteiger partial charge >= 0.3 is 5.97 Å². The summed E-state index contributed by atoms with van der Waals surface area (Å²) in [6.45, 7) is 0. The highest BCUT2D eigenvalue weighted by Crippen LogP contribution is 2.56. The second-order valence-corrected chi connectivity index (χ2v) is 5.68. The zero-order valence-corrected chi connectivity index (χ0v) is 12.3. The van der Waals surface area contributed by atoms with Crippen LogP contribution < -0.4 is 0 Å². The third-order valence-electron chi connectivity index (χ3n) is 3.91. The smallest absolute Gasteiger partial charge is 0.337 e. The van der Waals surface area contributed by atoms with Gasteiger partial charge in [-0.05, 0) is 53.6 Å². The number of phenolic OH excluding ortho intramolecular Hbond substituents is 1. The third-order valence-corrected chi connectivity index (χ3v) is 4.24. The molecule has 1 N–H and O–H groups in total. The van der Waals surface area contributed by atoms with E-state index in [-0.39, 0.29) is 11.7 Å². The predicted octanol–water partition coefficient (Wildman–Crippen LogP) is 4.10. The Morgan fingerprint density at radius 1 is 1.24 bits per heavy atom. The molecule has 0 amide bonds. The Morgan fingerprint density at radius 3 is 2.76 bits per heavy atom. The molecule has 21 heavy (non-hydrogen) atoms. The first-order valence-electron chi connectivity index (χ1n) is 6.77. The lowest BCUT2D eigenvalue weighted by Crippen LogP contribution is -2.01. The molecule has 3 rings (SSSR count). The van der Waals surface area contributed by atoms with Crippen LogP contribution in [0.2, 0.25) is 5.02 Å². The highest BCUT2D eigenvalue weighted by atomic mass is 35.5. The topological polar surface area (TPSA) is 46.5 Å². The number of aromatic hydroxyl groups is 1. The molecule has 108 valence electrons. The Morgan fingerprint density at radius 2 is 2.05 bits per heavy atom. The number of rotatable bonds is 3. The maximum Gasteiger partial charge on any atom is 0.337 e. The molecule has 1 aliphatic carbocycles. The predicted molar refractivity (Wildman–Crippen MR) is 81.0 cm³/mol. The zero-order chi connectivity index (χ0) is 15.0. The molecule has 0 heterocycles. The van der Waals surface area contributed by atoms with Crippen LogP contribution in [0.3, 0.4) is 0 Å². The molecule has 2 atom stereocenters. The van der Waals surface area contributed by atoms with Gasteiger partial charge in [0.15, 0.2) is 0 Å². The summed E-state index contributed by atoms with van der Waals surface area (Å²) in [6, 6.07) is 12.6. The molecule has 0 spiro atoms. The van der Waals surface area contributed by atoms with E-state index >= 15 is 0 Å². The van der Waals surface area contributed by atoms with E-state index < -0.39 is 0 Å². The first-order chi connectivity index (χ1) is 10.1. The van der Waals surface area contributed by atoms with Gasteiger partial charge in [-0.2, -0.15) is 0 Å². The van der Waals surface area contributed by atoms with E-state index in [4.69, 9.17) is 16.3 Å². The van der Waals surface area contributed by atoms with Gasteiger partial charge in [-0.1, -0.05) is 29.8 Å². The second kappa shape index (κ2) is 5.41. The number of carbonyl (C=O) groups excluding carboxylic acids is 1. The van der Waals surface area contributed by atoms with Crippen molar-refractivity contribution in [1.82, 2.24) is 0 Å². The summed E-state index contributed by atoms with van der Waals surface area (Å²) in [5.41, 5.74) is 2.73. The standard InChI is InChI=1S/C17H15ClO3/c1-21-17(20)11-4-2-3-10(7-11)14-9-15(14)13-6-5-12(19)8-16(13)18/h2-8,14-15,19H,9H2,1H3. The van der Waals surface area contributed by atoms with Gasteiger partial charge < -0.3 is 9.84 Å². The Hall–Kier alpha value is -2.00. The molecule has 0 aromatic heterocycles. The van der Waals surface area contributed by atoms with E-state index in [1.165, 1.54) is 7.11 Å². The van der Waals surface area contributed by atoms with Crippen molar-refractivity contribution in [2.24, 2.45) is 0 Å². The van der Waals surface area contributed by atoms with E-state index in [1.54, 1.807) is 18.2 Å². The van der Waals surface area contributed by atoms with Gasteiger partial charge in [0, 0.05) is 5.02 Å². The molecule has 0 bridgehead atoms. The summed E-state index contributed by atoms with van der Waals surface area (Å²) in [6.07, 6.45) is 0.995. The fourth-order valence-corrected chi connectivity index (χ4v) is 3.05. The van der Waals surface area contributed by atoms with Gasteiger partial charge in [0.25, 0.3) is 0 Å².